The summed E-state index contributed by atoms with van der Waals surface area (Å²) in [5.41, 5.74) is 2.47. The molecule has 1 N–H and O–H groups in total. The first-order valence-corrected chi connectivity index (χ1v) is 9.11. The van der Waals surface area contributed by atoms with Crippen LogP contribution in [0.15, 0.2) is 0 Å². The van der Waals surface area contributed by atoms with E-state index in [1.807, 2.05) is 9.58 Å². The lowest BCUT2D eigenvalue weighted by molar-refractivity contribution is -0.142. The molecule has 0 spiro atoms. The smallest absolute Gasteiger partial charge is 0.319 e. The van der Waals surface area contributed by atoms with Crippen molar-refractivity contribution in [2.45, 2.75) is 39.8 Å². The summed E-state index contributed by atoms with van der Waals surface area (Å²) in [6, 6.07) is 0. The number of carbonyl (C=O) groups excluding carboxylic acids is 2. The average molecular weight is 366 g/mol. The number of nitrogens with one attached hydrogen (secondary N) is 1. The Kier molecular flexibility index (Phi) is 7.59. The first kappa shape index (κ1) is 20.4. The van der Waals surface area contributed by atoms with Gasteiger partial charge in [0, 0.05) is 51.0 Å². The normalized spacial score (nSPS) is 14.3. The van der Waals surface area contributed by atoms with E-state index in [0.717, 1.165) is 37.2 Å². The highest BCUT2D eigenvalue weighted by Crippen LogP contribution is 2.23. The summed E-state index contributed by atoms with van der Waals surface area (Å²) < 4.78 is 11.7. The van der Waals surface area contributed by atoms with E-state index in [-0.39, 0.29) is 18.4 Å². The molecule has 0 unspecified atom stereocenters. The monoisotopic (exact) mass is 366 g/mol. The molecular weight excluding hydrogens is 336 g/mol. The Hall–Kier alpha value is -1.93. The van der Waals surface area contributed by atoms with Crippen LogP contribution in [0.5, 0.6) is 0 Å². The van der Waals surface area contributed by atoms with Gasteiger partial charge >= 0.3 is 5.97 Å². The highest BCUT2D eigenvalue weighted by atomic mass is 16.5. The van der Waals surface area contributed by atoms with Crippen molar-refractivity contribution in [1.82, 2.24) is 20.0 Å². The van der Waals surface area contributed by atoms with Crippen LogP contribution in [0.2, 0.25) is 0 Å². The molecule has 8 heteroatoms. The number of rotatable bonds is 9. The lowest BCUT2D eigenvalue weighted by Crippen LogP contribution is -2.36. The van der Waals surface area contributed by atoms with Crippen molar-refractivity contribution in [2.24, 2.45) is 5.92 Å². The number of amides is 1. The molecule has 0 saturated carbocycles. The van der Waals surface area contributed by atoms with E-state index in [1.165, 1.54) is 7.11 Å². The van der Waals surface area contributed by atoms with Crippen molar-refractivity contribution in [3.8, 4) is 0 Å². The fourth-order valence-corrected chi connectivity index (χ4v) is 3.03. The van der Waals surface area contributed by atoms with Gasteiger partial charge in [-0.05, 0) is 12.3 Å². The van der Waals surface area contributed by atoms with Crippen LogP contribution in [0.1, 0.15) is 42.0 Å². The Labute approximate surface area is 154 Å². The van der Waals surface area contributed by atoms with Gasteiger partial charge in [-0.2, -0.15) is 5.10 Å². The summed E-state index contributed by atoms with van der Waals surface area (Å²) in [6.45, 7) is 7.53. The van der Waals surface area contributed by atoms with Gasteiger partial charge in [-0.25, -0.2) is 0 Å². The molecule has 1 aromatic rings. The van der Waals surface area contributed by atoms with Gasteiger partial charge in [0.1, 0.15) is 0 Å². The zero-order chi connectivity index (χ0) is 19.1. The first-order valence-electron chi connectivity index (χ1n) is 9.11. The van der Waals surface area contributed by atoms with Gasteiger partial charge in [-0.3, -0.25) is 19.2 Å². The van der Waals surface area contributed by atoms with Gasteiger partial charge < -0.3 is 14.8 Å². The molecule has 0 saturated heterocycles. The summed E-state index contributed by atoms with van der Waals surface area (Å²) in [5.74, 6) is 0.0986. The van der Waals surface area contributed by atoms with Crippen LogP contribution >= 0.6 is 0 Å². The summed E-state index contributed by atoms with van der Waals surface area (Å²) in [7, 11) is 2.98. The third kappa shape index (κ3) is 5.28. The predicted octanol–water partition coefficient (Wildman–Crippen LogP) is 0.837. The Balaban J connectivity index is 2.20. The van der Waals surface area contributed by atoms with Crippen LogP contribution in [0, 0.1) is 5.92 Å². The minimum atomic E-state index is -0.272. The molecule has 0 fully saturated rings. The molecule has 0 aliphatic carbocycles. The molecule has 1 aliphatic rings. The number of hydrogen-bond donors (Lipinski definition) is 1. The van der Waals surface area contributed by atoms with Crippen LogP contribution in [0.25, 0.3) is 0 Å². The van der Waals surface area contributed by atoms with Crippen molar-refractivity contribution in [3.05, 3.63) is 17.0 Å². The molecule has 0 bridgehead atoms. The van der Waals surface area contributed by atoms with Gasteiger partial charge in [0.15, 0.2) is 5.69 Å². The second-order valence-corrected chi connectivity index (χ2v) is 6.97. The lowest BCUT2D eigenvalue weighted by atomic mass is 10.0. The Morgan fingerprint density at radius 1 is 1.31 bits per heavy atom. The fourth-order valence-electron chi connectivity index (χ4n) is 3.03. The lowest BCUT2D eigenvalue weighted by Gasteiger charge is -2.26. The molecule has 1 amide bonds. The Morgan fingerprint density at radius 2 is 2.08 bits per heavy atom. The van der Waals surface area contributed by atoms with Crippen LogP contribution in [-0.2, 0) is 33.8 Å². The minimum Gasteiger partial charge on any atom is -0.468 e. The number of ether oxygens (including phenoxy) is 2. The van der Waals surface area contributed by atoms with E-state index in [4.69, 9.17) is 9.47 Å². The van der Waals surface area contributed by atoms with E-state index in [0.29, 0.717) is 31.3 Å². The third-order valence-corrected chi connectivity index (χ3v) is 4.52. The van der Waals surface area contributed by atoms with E-state index in [2.05, 4.69) is 24.3 Å². The fraction of sp³-hybridized carbons (Fsp3) is 0.722. The molecule has 2 rings (SSSR count). The first-order chi connectivity index (χ1) is 12.5. The molecule has 26 heavy (non-hydrogen) atoms. The molecule has 8 nitrogen and oxygen atoms in total. The maximum atomic E-state index is 12.6. The Bertz CT molecular complexity index is 627. The zero-order valence-corrected chi connectivity index (χ0v) is 16.2. The zero-order valence-electron chi connectivity index (χ0n) is 16.2. The van der Waals surface area contributed by atoms with Crippen molar-refractivity contribution in [3.63, 3.8) is 0 Å². The highest BCUT2D eigenvalue weighted by molar-refractivity contribution is 5.94. The van der Waals surface area contributed by atoms with Crippen LogP contribution in [-0.4, -0.2) is 67.0 Å². The Morgan fingerprint density at radius 3 is 2.73 bits per heavy atom. The van der Waals surface area contributed by atoms with Crippen molar-refractivity contribution in [1.29, 1.82) is 0 Å². The number of methoxy groups -OCH3 is 2. The van der Waals surface area contributed by atoms with Gasteiger partial charge in [0.2, 0.25) is 0 Å². The number of nitrogens with zero attached hydrogens (tertiary/aromatic N) is 3. The second-order valence-electron chi connectivity index (χ2n) is 6.97. The molecule has 2 heterocycles. The average Bonchev–Trinajstić information content (AvgIpc) is 2.98. The van der Waals surface area contributed by atoms with E-state index >= 15 is 0 Å². The van der Waals surface area contributed by atoms with Crippen LogP contribution in [0.4, 0.5) is 0 Å². The molecule has 1 aromatic heterocycles. The second kappa shape index (κ2) is 9.68. The van der Waals surface area contributed by atoms with E-state index < -0.39 is 0 Å². The number of aromatic nitrogens is 2. The largest absolute Gasteiger partial charge is 0.468 e. The number of aryl methyl sites for hydroxylation is 1. The number of hydrogen-bond acceptors (Lipinski definition) is 6. The molecule has 146 valence electrons. The summed E-state index contributed by atoms with van der Waals surface area (Å²) in [5, 5.41) is 7.44. The maximum absolute atomic E-state index is 12.6. The molecular formula is C18H30N4O4. The molecule has 0 radical (unpaired) electrons. The van der Waals surface area contributed by atoms with E-state index in [9.17, 15) is 9.59 Å². The predicted molar refractivity (Wildman–Crippen MR) is 96.9 cm³/mol. The summed E-state index contributed by atoms with van der Waals surface area (Å²) in [4.78, 5) is 26.2. The molecule has 1 aliphatic heterocycles. The van der Waals surface area contributed by atoms with E-state index in [1.54, 1.807) is 7.11 Å². The standard InChI is InChI=1S/C18H30N4O4/c1-13(2)5-9-22-15-6-8-21(12-16(23)26-4)11-14(15)17(20-22)18(24)19-7-10-25-3/h13H,5-12H2,1-4H3,(H,19,24). The SMILES string of the molecule is COCCNC(=O)c1nn(CCC(C)C)c2c1CN(CC(=O)OC)CC2. The van der Waals surface area contributed by atoms with Crippen molar-refractivity contribution in [2.75, 3.05) is 40.5 Å². The van der Waals surface area contributed by atoms with Gasteiger partial charge in [-0.1, -0.05) is 13.8 Å². The summed E-state index contributed by atoms with van der Waals surface area (Å²) >= 11 is 0. The van der Waals surface area contributed by atoms with Gasteiger partial charge in [0.05, 0.1) is 20.3 Å². The maximum Gasteiger partial charge on any atom is 0.319 e. The molecule has 0 aromatic carbocycles. The van der Waals surface area contributed by atoms with Gasteiger partial charge in [0.25, 0.3) is 5.91 Å². The number of fused-ring (bicyclic) bond motifs is 1. The van der Waals surface area contributed by atoms with Crippen molar-refractivity contribution >= 4 is 11.9 Å². The van der Waals surface area contributed by atoms with Crippen LogP contribution in [0.3, 0.4) is 0 Å². The minimum absolute atomic E-state index is 0.193. The van der Waals surface area contributed by atoms with Crippen molar-refractivity contribution < 1.29 is 19.1 Å². The molecule has 0 atom stereocenters. The number of carbonyl (C=O) groups is 2. The third-order valence-electron chi connectivity index (χ3n) is 4.52. The topological polar surface area (TPSA) is 85.7 Å². The van der Waals surface area contributed by atoms with Gasteiger partial charge in [-0.15, -0.1) is 0 Å². The summed E-state index contributed by atoms with van der Waals surface area (Å²) in [6.07, 6.45) is 1.77. The van der Waals surface area contributed by atoms with Crippen LogP contribution < -0.4 is 5.32 Å². The highest BCUT2D eigenvalue weighted by Gasteiger charge is 2.28. The quantitative estimate of drug-likeness (QED) is 0.515. The number of esters is 1.